The van der Waals surface area contributed by atoms with Crippen LogP contribution in [0.3, 0.4) is 0 Å². The molecule has 1 aromatic heterocycles. The molecular formula is C16H15IN2O3. The van der Waals surface area contributed by atoms with Crippen LogP contribution in [0.2, 0.25) is 0 Å². The third-order valence-corrected chi connectivity index (χ3v) is 4.58. The molecule has 2 aliphatic rings. The summed E-state index contributed by atoms with van der Waals surface area (Å²) in [5.41, 5.74) is 0.154. The van der Waals surface area contributed by atoms with E-state index in [1.165, 1.54) is 0 Å². The second-order valence-corrected chi connectivity index (χ2v) is 7.50. The lowest BCUT2D eigenvalue weighted by Crippen LogP contribution is -2.38. The van der Waals surface area contributed by atoms with Gasteiger partial charge in [0.2, 0.25) is 0 Å². The third-order valence-electron chi connectivity index (χ3n) is 4.00. The summed E-state index contributed by atoms with van der Waals surface area (Å²) in [5, 5.41) is 17.7. The number of halogens is 1. The highest BCUT2D eigenvalue weighted by atomic mass is 127. The molecule has 2 atom stereocenters. The first-order valence-electron chi connectivity index (χ1n) is 6.99. The molecule has 0 aromatic carbocycles. The second kappa shape index (κ2) is 5.23. The van der Waals surface area contributed by atoms with Crippen molar-refractivity contribution in [2.24, 2.45) is 11.3 Å². The maximum absolute atomic E-state index is 12.4. The predicted molar refractivity (Wildman–Crippen MR) is 87.1 cm³/mol. The van der Waals surface area contributed by atoms with Crippen LogP contribution in [0.4, 0.5) is 0 Å². The Morgan fingerprint density at radius 2 is 2.14 bits per heavy atom. The predicted octanol–water partition coefficient (Wildman–Crippen LogP) is 3.76. The first kappa shape index (κ1) is 15.3. The molecule has 0 amide bonds. The molecule has 22 heavy (non-hydrogen) atoms. The van der Waals surface area contributed by atoms with E-state index in [-0.39, 0.29) is 16.9 Å². The van der Waals surface area contributed by atoms with Gasteiger partial charge in [-0.2, -0.15) is 5.26 Å². The molecule has 5 nitrogen and oxygen atoms in total. The number of nitrogens with one attached hydrogen (secondary N) is 1. The highest BCUT2D eigenvalue weighted by molar-refractivity contribution is 14.1. The van der Waals surface area contributed by atoms with Crippen molar-refractivity contribution in [1.82, 2.24) is 0 Å². The topological polar surface area (TPSA) is 87.1 Å². The standard InChI is InChI=1S/C16H15IN2O3/c1-16(2)5-9(20)13-11(6-16)22-15(8(7-18)14(13)19)10-3-4-12(17)21-10/h3-4,8,15,19H,5-6H2,1-2H3/t8?,15-/m0/s1. The molecule has 6 heteroatoms. The molecule has 0 saturated carbocycles. The molecule has 114 valence electrons. The lowest BCUT2D eigenvalue weighted by molar-refractivity contribution is -0.118. The van der Waals surface area contributed by atoms with Crippen LogP contribution in [0.1, 0.15) is 38.6 Å². The number of ether oxygens (including phenoxy) is 1. The minimum absolute atomic E-state index is 0.0562. The highest BCUT2D eigenvalue weighted by Crippen LogP contribution is 2.45. The van der Waals surface area contributed by atoms with Gasteiger partial charge in [0.25, 0.3) is 0 Å². The van der Waals surface area contributed by atoms with E-state index in [9.17, 15) is 10.1 Å². The Bertz CT molecular complexity index is 739. The van der Waals surface area contributed by atoms with E-state index in [1.807, 2.05) is 36.4 Å². The van der Waals surface area contributed by atoms with Crippen LogP contribution in [0.25, 0.3) is 0 Å². The largest absolute Gasteiger partial charge is 0.484 e. The average molecular weight is 410 g/mol. The Hall–Kier alpha value is -1.62. The van der Waals surface area contributed by atoms with Crippen molar-refractivity contribution >= 4 is 34.1 Å². The summed E-state index contributed by atoms with van der Waals surface area (Å²) in [6.07, 6.45) is 0.295. The van der Waals surface area contributed by atoms with Gasteiger partial charge in [-0.05, 0) is 40.1 Å². The summed E-state index contributed by atoms with van der Waals surface area (Å²) < 4.78 is 12.2. The summed E-state index contributed by atoms with van der Waals surface area (Å²) in [6.45, 7) is 4.01. The van der Waals surface area contributed by atoms with Gasteiger partial charge >= 0.3 is 0 Å². The van der Waals surface area contributed by atoms with Crippen molar-refractivity contribution < 1.29 is 13.9 Å². The fourth-order valence-corrected chi connectivity index (χ4v) is 3.46. The van der Waals surface area contributed by atoms with E-state index in [4.69, 9.17) is 14.6 Å². The molecule has 1 unspecified atom stereocenters. The molecule has 0 saturated heterocycles. The Balaban J connectivity index is 2.06. The van der Waals surface area contributed by atoms with Crippen LogP contribution in [0, 0.1) is 31.8 Å². The van der Waals surface area contributed by atoms with Gasteiger partial charge in [0, 0.05) is 12.8 Å². The van der Waals surface area contributed by atoms with E-state index in [1.54, 1.807) is 12.1 Å². The fraction of sp³-hybridized carbons (Fsp3) is 0.438. The zero-order chi connectivity index (χ0) is 16.1. The van der Waals surface area contributed by atoms with E-state index in [0.29, 0.717) is 33.7 Å². The van der Waals surface area contributed by atoms with Crippen molar-refractivity contribution in [2.75, 3.05) is 0 Å². The summed E-state index contributed by atoms with van der Waals surface area (Å²) in [5.74, 6) is 0.104. The van der Waals surface area contributed by atoms with Gasteiger partial charge in [-0.15, -0.1) is 0 Å². The van der Waals surface area contributed by atoms with Gasteiger partial charge in [-0.25, -0.2) is 0 Å². The zero-order valence-electron chi connectivity index (χ0n) is 12.3. The number of allylic oxidation sites excluding steroid dienone is 2. The number of carbonyl (C=O) groups excluding carboxylic acids is 1. The number of ketones is 1. The number of hydrogen-bond acceptors (Lipinski definition) is 5. The van der Waals surface area contributed by atoms with Crippen LogP contribution < -0.4 is 0 Å². The molecule has 0 radical (unpaired) electrons. The van der Waals surface area contributed by atoms with Crippen molar-refractivity contribution in [3.63, 3.8) is 0 Å². The quantitative estimate of drug-likeness (QED) is 0.715. The summed E-state index contributed by atoms with van der Waals surface area (Å²) in [6, 6.07) is 5.63. The number of Topliss-reactive ketones (excluding diaryl/α,β-unsaturated/α-hetero) is 1. The Kier molecular flexibility index (Phi) is 3.63. The van der Waals surface area contributed by atoms with Crippen molar-refractivity contribution in [3.8, 4) is 6.07 Å². The van der Waals surface area contributed by atoms with Gasteiger partial charge in [0.1, 0.15) is 17.4 Å². The van der Waals surface area contributed by atoms with E-state index >= 15 is 0 Å². The minimum atomic E-state index is -0.828. The first-order chi connectivity index (χ1) is 10.3. The van der Waals surface area contributed by atoms with Gasteiger partial charge in [-0.3, -0.25) is 4.79 Å². The lowest BCUT2D eigenvalue weighted by Gasteiger charge is -2.38. The van der Waals surface area contributed by atoms with E-state index in [2.05, 4.69) is 6.07 Å². The molecule has 3 rings (SSSR count). The van der Waals surface area contributed by atoms with Crippen molar-refractivity contribution in [1.29, 1.82) is 10.7 Å². The fourth-order valence-electron chi connectivity index (χ4n) is 3.03. The number of nitriles is 1. The number of rotatable bonds is 1. The van der Waals surface area contributed by atoms with Gasteiger partial charge in [0.05, 0.1) is 17.4 Å². The minimum Gasteiger partial charge on any atom is -0.484 e. The van der Waals surface area contributed by atoms with Gasteiger partial charge in [-0.1, -0.05) is 13.8 Å². The number of hydrogen-bond donors (Lipinski definition) is 1. The second-order valence-electron chi connectivity index (χ2n) is 6.44. The normalized spacial score (nSPS) is 27.2. The molecule has 1 aliphatic carbocycles. The average Bonchev–Trinajstić information content (AvgIpc) is 2.82. The molecule has 0 fully saturated rings. The summed E-state index contributed by atoms with van der Waals surface area (Å²) >= 11 is 2.04. The smallest absolute Gasteiger partial charge is 0.177 e. The van der Waals surface area contributed by atoms with Crippen LogP contribution in [0.5, 0.6) is 0 Å². The SMILES string of the molecule is CC1(C)CC(=O)C2=C(C1)O[C@H](c1ccc(I)o1)C(C#N)C2=N. The number of carbonyl (C=O) groups is 1. The molecule has 0 spiro atoms. The highest BCUT2D eigenvalue weighted by Gasteiger charge is 2.45. The number of furan rings is 1. The Morgan fingerprint density at radius 1 is 1.41 bits per heavy atom. The molecule has 1 aliphatic heterocycles. The molecule has 0 bridgehead atoms. The summed E-state index contributed by atoms with van der Waals surface area (Å²) in [4.78, 5) is 12.4. The first-order valence-corrected chi connectivity index (χ1v) is 8.07. The molecule has 1 N–H and O–H groups in total. The van der Waals surface area contributed by atoms with Crippen molar-refractivity contribution in [3.05, 3.63) is 33.0 Å². The Morgan fingerprint density at radius 3 is 2.73 bits per heavy atom. The zero-order valence-corrected chi connectivity index (χ0v) is 14.4. The maximum atomic E-state index is 12.4. The van der Waals surface area contributed by atoms with Crippen LogP contribution in [0.15, 0.2) is 27.9 Å². The Labute approximate surface area is 142 Å². The van der Waals surface area contributed by atoms with Gasteiger partial charge < -0.3 is 14.6 Å². The number of nitrogens with zero attached hydrogens (tertiary/aromatic N) is 1. The lowest BCUT2D eigenvalue weighted by atomic mass is 9.72. The van der Waals surface area contributed by atoms with Crippen LogP contribution in [-0.2, 0) is 9.53 Å². The third kappa shape index (κ3) is 2.47. The monoisotopic (exact) mass is 410 g/mol. The molecular weight excluding hydrogens is 395 g/mol. The van der Waals surface area contributed by atoms with Gasteiger partial charge in [0.15, 0.2) is 15.7 Å². The van der Waals surface area contributed by atoms with Crippen LogP contribution >= 0.6 is 22.6 Å². The van der Waals surface area contributed by atoms with Crippen LogP contribution in [-0.4, -0.2) is 11.5 Å². The van der Waals surface area contributed by atoms with E-state index in [0.717, 1.165) is 0 Å². The van der Waals surface area contributed by atoms with E-state index < -0.39 is 12.0 Å². The molecule has 2 heterocycles. The molecule has 1 aromatic rings. The van der Waals surface area contributed by atoms with Crippen molar-refractivity contribution in [2.45, 2.75) is 32.8 Å². The summed E-state index contributed by atoms with van der Waals surface area (Å²) in [7, 11) is 0. The maximum Gasteiger partial charge on any atom is 0.177 e.